The van der Waals surface area contributed by atoms with Crippen LogP contribution in [0.15, 0.2) is 36.4 Å². The molecule has 0 radical (unpaired) electrons. The Morgan fingerprint density at radius 1 is 0.514 bits per heavy atom. The van der Waals surface area contributed by atoms with Crippen molar-refractivity contribution < 1.29 is 58.3 Å². The first kappa shape index (κ1) is 29.1. The summed E-state index contributed by atoms with van der Waals surface area (Å²) in [4.78, 5) is 63.8. The Kier molecular flexibility index (Phi) is 11.8. The Hall–Kier alpha value is -4.16. The Labute approximate surface area is 213 Å². The fraction of sp³-hybridized carbons (Fsp3) is 0.360. The molecule has 0 aliphatic rings. The first-order valence-corrected chi connectivity index (χ1v) is 11.2. The molecule has 0 heterocycles. The van der Waals surface area contributed by atoms with E-state index >= 15 is 0 Å². The number of benzene rings is 2. The monoisotopic (exact) mass is 520 g/mol. The average molecular weight is 520 g/mol. The second kappa shape index (κ2) is 15.1. The van der Waals surface area contributed by atoms with Gasteiger partial charge in [0.05, 0.1) is 34.4 Å². The Morgan fingerprint density at radius 2 is 0.865 bits per heavy atom. The van der Waals surface area contributed by atoms with E-state index in [1.165, 1.54) is 0 Å². The molecule has 0 atom stereocenters. The Morgan fingerprint density at radius 3 is 1.22 bits per heavy atom. The van der Waals surface area contributed by atoms with Crippen LogP contribution in [0.25, 0.3) is 0 Å². The zero-order valence-electron chi connectivity index (χ0n) is 20.9. The lowest BCUT2D eigenvalue weighted by Gasteiger charge is -2.06. The second-order valence-electron chi connectivity index (χ2n) is 8.05. The third-order valence-electron chi connectivity index (χ3n) is 4.57. The van der Waals surface area contributed by atoms with E-state index in [2.05, 4.69) is 29.6 Å². The van der Waals surface area contributed by atoms with E-state index in [-0.39, 0.29) is 24.3 Å². The summed E-state index contributed by atoms with van der Waals surface area (Å²) < 4.78 is 9.49. The molecule has 0 fully saturated rings. The van der Waals surface area contributed by atoms with E-state index in [4.69, 9.17) is 9.47 Å². The maximum absolute atomic E-state index is 11.9. The van der Waals surface area contributed by atoms with Crippen LogP contribution in [-0.2, 0) is 39.1 Å². The molecule has 12 heteroatoms. The van der Waals surface area contributed by atoms with Gasteiger partial charge in [-0.25, -0.2) is 29.0 Å². The minimum Gasteiger partial charge on any atom is -0.432 e. The normalized spacial score (nSPS) is 10.3. The number of carbonyl (C=O) groups excluding carboxylic acids is 4. The fourth-order valence-electron chi connectivity index (χ4n) is 3.17. The summed E-state index contributed by atoms with van der Waals surface area (Å²) in [5.41, 5.74) is 3.92. The van der Waals surface area contributed by atoms with Crippen LogP contribution in [0.2, 0.25) is 0 Å². The van der Waals surface area contributed by atoms with Crippen molar-refractivity contribution in [2.24, 2.45) is 0 Å². The van der Waals surface area contributed by atoms with Crippen LogP contribution in [0.1, 0.15) is 62.2 Å². The van der Waals surface area contributed by atoms with Crippen molar-refractivity contribution in [1.82, 2.24) is 0 Å². The SMILES string of the molecule is Cc1cc(C)cc(C(=O)OOOC(=O)OCCCCCOC(=O)OOOC(=O)c2cc(C)cc(C)c2)c1. The minimum absolute atomic E-state index is 0.0187. The van der Waals surface area contributed by atoms with Gasteiger partial charge in [-0.1, -0.05) is 34.4 Å². The standard InChI is InChI=1S/C25H28O12/c1-16-10-17(2)13-20(12-16)22(26)32-36-34-24(28)30-8-6-5-7-9-31-25(29)35-37-33-23(27)21-14-18(3)11-19(4)15-21/h10-15H,5-9H2,1-4H3. The number of rotatable bonds is 12. The minimum atomic E-state index is -1.19. The van der Waals surface area contributed by atoms with Crippen molar-refractivity contribution in [1.29, 1.82) is 0 Å². The lowest BCUT2D eigenvalue weighted by Crippen LogP contribution is -2.13. The van der Waals surface area contributed by atoms with E-state index in [1.807, 2.05) is 39.8 Å². The molecule has 200 valence electrons. The molecule has 0 aliphatic carbocycles. The van der Waals surface area contributed by atoms with Gasteiger partial charge in [0, 0.05) is 0 Å². The first-order chi connectivity index (χ1) is 17.6. The molecule has 0 amide bonds. The predicted octanol–water partition coefficient (Wildman–Crippen LogP) is 5.10. The van der Waals surface area contributed by atoms with Crippen LogP contribution >= 0.6 is 0 Å². The van der Waals surface area contributed by atoms with Crippen LogP contribution < -0.4 is 0 Å². The number of carbonyl (C=O) groups is 4. The summed E-state index contributed by atoms with van der Waals surface area (Å²) >= 11 is 0. The summed E-state index contributed by atoms with van der Waals surface area (Å²) in [5.74, 6) is -1.66. The third kappa shape index (κ3) is 11.4. The molecule has 0 saturated carbocycles. The van der Waals surface area contributed by atoms with Crippen molar-refractivity contribution in [3.05, 3.63) is 69.8 Å². The highest BCUT2D eigenvalue weighted by atomic mass is 17.5. The van der Waals surface area contributed by atoms with E-state index in [0.29, 0.717) is 19.3 Å². The molecule has 2 aromatic rings. The highest BCUT2D eigenvalue weighted by Crippen LogP contribution is 2.11. The van der Waals surface area contributed by atoms with Gasteiger partial charge in [-0.15, -0.1) is 0 Å². The molecule has 0 aromatic heterocycles. The van der Waals surface area contributed by atoms with Crippen molar-refractivity contribution >= 4 is 24.2 Å². The predicted molar refractivity (Wildman–Crippen MR) is 124 cm³/mol. The summed E-state index contributed by atoms with van der Waals surface area (Å²) in [6, 6.07) is 10.1. The molecule has 0 N–H and O–H groups in total. The van der Waals surface area contributed by atoms with Crippen molar-refractivity contribution in [2.45, 2.75) is 47.0 Å². The summed E-state index contributed by atoms with van der Waals surface area (Å²) in [7, 11) is 0. The van der Waals surface area contributed by atoms with Crippen molar-refractivity contribution in [2.75, 3.05) is 13.2 Å². The Bertz CT molecular complexity index is 969. The largest absolute Gasteiger partial charge is 0.543 e. The quantitative estimate of drug-likeness (QED) is 0.159. The van der Waals surface area contributed by atoms with Gasteiger partial charge >= 0.3 is 24.2 Å². The van der Waals surface area contributed by atoms with Crippen LogP contribution in [-0.4, -0.2) is 37.5 Å². The molecule has 0 spiro atoms. The average Bonchev–Trinajstić information content (AvgIpc) is 2.82. The molecule has 0 aliphatic heterocycles. The van der Waals surface area contributed by atoms with E-state index in [1.54, 1.807) is 24.3 Å². The number of unbranched alkanes of at least 4 members (excludes halogenated alkanes) is 2. The molecule has 0 unspecified atom stereocenters. The molecule has 0 saturated heterocycles. The molecular formula is C25H28O12. The van der Waals surface area contributed by atoms with Crippen LogP contribution in [0.3, 0.4) is 0 Å². The molecule has 0 bridgehead atoms. The van der Waals surface area contributed by atoms with Gasteiger partial charge in [0.25, 0.3) is 0 Å². The van der Waals surface area contributed by atoms with Crippen LogP contribution in [0.4, 0.5) is 9.59 Å². The van der Waals surface area contributed by atoms with Gasteiger partial charge in [-0.05, 0) is 71.2 Å². The molecule has 12 nitrogen and oxygen atoms in total. The molecule has 2 aromatic carbocycles. The number of ether oxygens (including phenoxy) is 2. The third-order valence-corrected chi connectivity index (χ3v) is 4.57. The van der Waals surface area contributed by atoms with Gasteiger partial charge in [0.15, 0.2) is 0 Å². The maximum Gasteiger partial charge on any atom is 0.543 e. The van der Waals surface area contributed by atoms with E-state index in [0.717, 1.165) is 22.3 Å². The van der Waals surface area contributed by atoms with Crippen molar-refractivity contribution in [3.8, 4) is 0 Å². The lowest BCUT2D eigenvalue weighted by molar-refractivity contribution is -0.452. The number of hydrogen-bond acceptors (Lipinski definition) is 12. The number of hydrogen-bond donors (Lipinski definition) is 0. The van der Waals surface area contributed by atoms with Gasteiger partial charge < -0.3 is 9.47 Å². The Balaban J connectivity index is 1.46. The summed E-state index contributed by atoms with van der Waals surface area (Å²) in [6.45, 7) is 7.23. The molecule has 2 rings (SSSR count). The van der Waals surface area contributed by atoms with E-state index < -0.39 is 24.2 Å². The first-order valence-electron chi connectivity index (χ1n) is 11.2. The van der Waals surface area contributed by atoms with Crippen LogP contribution in [0, 0.1) is 27.7 Å². The van der Waals surface area contributed by atoms with Gasteiger partial charge in [0.2, 0.25) is 0 Å². The number of aryl methyl sites for hydroxylation is 4. The fourth-order valence-corrected chi connectivity index (χ4v) is 3.17. The summed E-state index contributed by atoms with van der Waals surface area (Å²) in [6.07, 6.45) is -1.04. The topological polar surface area (TPSA) is 142 Å². The van der Waals surface area contributed by atoms with Gasteiger partial charge in [-0.3, -0.25) is 9.78 Å². The van der Waals surface area contributed by atoms with E-state index in [9.17, 15) is 19.2 Å². The highest BCUT2D eigenvalue weighted by Gasteiger charge is 2.14. The van der Waals surface area contributed by atoms with Gasteiger partial charge in [-0.2, -0.15) is 0 Å². The van der Waals surface area contributed by atoms with Crippen LogP contribution in [0.5, 0.6) is 0 Å². The highest BCUT2D eigenvalue weighted by molar-refractivity contribution is 5.89. The summed E-state index contributed by atoms with van der Waals surface area (Å²) in [5, 5.41) is 8.31. The molecular weight excluding hydrogens is 492 g/mol. The second-order valence-corrected chi connectivity index (χ2v) is 8.05. The zero-order valence-corrected chi connectivity index (χ0v) is 20.9. The molecule has 37 heavy (non-hydrogen) atoms. The smallest absolute Gasteiger partial charge is 0.432 e. The lowest BCUT2D eigenvalue weighted by atomic mass is 10.1. The zero-order chi connectivity index (χ0) is 27.2. The maximum atomic E-state index is 11.9. The van der Waals surface area contributed by atoms with Crippen molar-refractivity contribution in [3.63, 3.8) is 0 Å². The van der Waals surface area contributed by atoms with Gasteiger partial charge in [0.1, 0.15) is 0 Å².